The molecule has 0 radical (unpaired) electrons. The maximum Gasteiger partial charge on any atom is 0.292 e. The fraction of sp³-hybridized carbons (Fsp3) is 0.370. The molecule has 4 rings (SSSR count). The van der Waals surface area contributed by atoms with Gasteiger partial charge >= 0.3 is 0 Å². The number of benzene rings is 3. The van der Waals surface area contributed by atoms with Gasteiger partial charge in [0.2, 0.25) is 15.9 Å². The lowest BCUT2D eigenvalue weighted by Crippen LogP contribution is -2.51. The molecule has 39 heavy (non-hydrogen) atoms. The summed E-state index contributed by atoms with van der Waals surface area (Å²) in [5.74, 6) is 1.05. The summed E-state index contributed by atoms with van der Waals surface area (Å²) in [6.45, 7) is 3.13. The number of sulfonamides is 1. The minimum Gasteiger partial charge on any atom is -0.493 e. The summed E-state index contributed by atoms with van der Waals surface area (Å²) in [4.78, 5) is 26.0. The van der Waals surface area contributed by atoms with E-state index >= 15 is 0 Å². The number of carbonyl (C=O) groups excluding carboxylic acids is 1. The third-order valence-electron chi connectivity index (χ3n) is 7.05. The minimum atomic E-state index is -4.16. The Balaban J connectivity index is 1.68. The number of piperidine rings is 1. The molecule has 1 unspecified atom stereocenters. The van der Waals surface area contributed by atoms with E-state index in [1.807, 2.05) is 0 Å². The Kier molecular flexibility index (Phi) is 8.26. The van der Waals surface area contributed by atoms with Crippen LogP contribution in [0.1, 0.15) is 25.3 Å². The van der Waals surface area contributed by atoms with Gasteiger partial charge < -0.3 is 20.1 Å². The minimum absolute atomic E-state index is 0.0135. The lowest BCUT2D eigenvalue weighted by Gasteiger charge is -2.33. The number of ether oxygens (including phenoxy) is 2. The number of anilines is 1. The van der Waals surface area contributed by atoms with E-state index in [1.165, 1.54) is 38.5 Å². The standard InChI is InChI=1S/C27H32N4O7S/c1-17-8-10-30(11-9-17)27(32)23(12-18-4-7-22(28)24(13-18)31(33)34)29-39(35,36)21-6-5-19-15-25(37-2)26(38-3)16-20(19)14-21/h4-7,13-17,23,29H,8-12,28H2,1-3H3. The molecule has 3 N–H and O–H groups in total. The Bertz CT molecular complexity index is 1500. The lowest BCUT2D eigenvalue weighted by atomic mass is 9.97. The van der Waals surface area contributed by atoms with Crippen molar-refractivity contribution in [2.75, 3.05) is 33.0 Å². The third-order valence-corrected chi connectivity index (χ3v) is 8.52. The van der Waals surface area contributed by atoms with Crippen molar-refractivity contribution >= 4 is 38.1 Å². The normalized spacial score (nSPS) is 15.2. The highest BCUT2D eigenvalue weighted by atomic mass is 32.2. The van der Waals surface area contributed by atoms with E-state index in [-0.39, 0.29) is 28.6 Å². The van der Waals surface area contributed by atoms with Crippen molar-refractivity contribution in [1.29, 1.82) is 0 Å². The molecule has 1 saturated heterocycles. The van der Waals surface area contributed by atoms with Crippen LogP contribution < -0.4 is 19.9 Å². The van der Waals surface area contributed by atoms with Gasteiger partial charge in [-0.2, -0.15) is 4.72 Å². The number of carbonyl (C=O) groups is 1. The molecule has 3 aromatic rings. The predicted octanol–water partition coefficient (Wildman–Crippen LogP) is 3.50. The van der Waals surface area contributed by atoms with Crippen LogP contribution in [0.25, 0.3) is 10.8 Å². The van der Waals surface area contributed by atoms with Crippen molar-refractivity contribution in [2.45, 2.75) is 37.1 Å². The van der Waals surface area contributed by atoms with Gasteiger partial charge in [-0.1, -0.05) is 19.1 Å². The summed E-state index contributed by atoms with van der Waals surface area (Å²) in [6.07, 6.45) is 1.55. The fourth-order valence-corrected chi connectivity index (χ4v) is 5.94. The molecular formula is C27H32N4O7S. The average molecular weight is 557 g/mol. The number of hydrogen-bond acceptors (Lipinski definition) is 8. The molecule has 0 saturated carbocycles. The average Bonchev–Trinajstić information content (AvgIpc) is 2.92. The smallest absolute Gasteiger partial charge is 0.292 e. The second-order valence-electron chi connectivity index (χ2n) is 9.75. The number of likely N-dealkylation sites (tertiary alicyclic amines) is 1. The van der Waals surface area contributed by atoms with Crippen LogP contribution in [-0.4, -0.2) is 57.5 Å². The molecule has 1 atom stereocenters. The molecule has 1 heterocycles. The summed E-state index contributed by atoms with van der Waals surface area (Å²) in [5, 5.41) is 12.8. The Labute approximate surface area is 227 Å². The second kappa shape index (κ2) is 11.5. The number of nitro groups is 1. The monoisotopic (exact) mass is 556 g/mol. The summed E-state index contributed by atoms with van der Waals surface area (Å²) < 4.78 is 40.4. The van der Waals surface area contributed by atoms with Crippen molar-refractivity contribution in [3.63, 3.8) is 0 Å². The van der Waals surface area contributed by atoms with Gasteiger partial charge in [0.25, 0.3) is 5.69 Å². The van der Waals surface area contributed by atoms with Gasteiger partial charge in [0, 0.05) is 19.2 Å². The highest BCUT2D eigenvalue weighted by Crippen LogP contribution is 2.33. The number of nitrogens with two attached hydrogens (primary N) is 1. The van der Waals surface area contributed by atoms with E-state index in [2.05, 4.69) is 11.6 Å². The quantitative estimate of drug-likeness (QED) is 0.231. The third kappa shape index (κ3) is 6.23. The first-order valence-electron chi connectivity index (χ1n) is 12.5. The van der Waals surface area contributed by atoms with Crippen LogP contribution in [-0.2, 0) is 21.2 Å². The van der Waals surface area contributed by atoms with Crippen molar-refractivity contribution in [3.8, 4) is 11.5 Å². The molecule has 1 amide bonds. The van der Waals surface area contributed by atoms with Crippen molar-refractivity contribution in [2.24, 2.45) is 5.92 Å². The van der Waals surface area contributed by atoms with Gasteiger partial charge in [-0.25, -0.2) is 8.42 Å². The van der Waals surface area contributed by atoms with E-state index in [1.54, 1.807) is 29.2 Å². The zero-order valence-electron chi connectivity index (χ0n) is 22.0. The molecule has 0 spiro atoms. The van der Waals surface area contributed by atoms with Crippen molar-refractivity contribution in [1.82, 2.24) is 9.62 Å². The van der Waals surface area contributed by atoms with E-state index < -0.39 is 21.0 Å². The number of nitrogens with one attached hydrogen (secondary N) is 1. The number of hydrogen-bond donors (Lipinski definition) is 2. The van der Waals surface area contributed by atoms with Gasteiger partial charge in [-0.3, -0.25) is 14.9 Å². The lowest BCUT2D eigenvalue weighted by molar-refractivity contribution is -0.384. The first kappa shape index (κ1) is 28.1. The van der Waals surface area contributed by atoms with Crippen LogP contribution >= 0.6 is 0 Å². The van der Waals surface area contributed by atoms with E-state index in [4.69, 9.17) is 15.2 Å². The highest BCUT2D eigenvalue weighted by Gasteiger charge is 2.32. The molecular weight excluding hydrogens is 524 g/mol. The molecule has 3 aromatic carbocycles. The molecule has 0 aromatic heterocycles. The molecule has 0 bridgehead atoms. The first-order valence-corrected chi connectivity index (χ1v) is 14.0. The van der Waals surface area contributed by atoms with Crippen molar-refractivity contribution < 1.29 is 27.6 Å². The van der Waals surface area contributed by atoms with Crippen LogP contribution in [0.2, 0.25) is 0 Å². The van der Waals surface area contributed by atoms with Gasteiger partial charge in [-0.05, 0) is 71.8 Å². The summed E-state index contributed by atoms with van der Waals surface area (Å²) in [6, 6.07) is 11.1. The van der Waals surface area contributed by atoms with E-state index in [0.717, 1.165) is 18.2 Å². The van der Waals surface area contributed by atoms with E-state index in [9.17, 15) is 23.3 Å². The Morgan fingerprint density at radius 1 is 1.08 bits per heavy atom. The number of nitrogens with zero attached hydrogens (tertiary/aromatic N) is 2. The van der Waals surface area contributed by atoms with Gasteiger partial charge in [0.1, 0.15) is 11.7 Å². The summed E-state index contributed by atoms with van der Waals surface area (Å²) >= 11 is 0. The van der Waals surface area contributed by atoms with Crippen LogP contribution in [0.5, 0.6) is 11.5 Å². The van der Waals surface area contributed by atoms with Gasteiger partial charge in [0.15, 0.2) is 11.5 Å². The number of rotatable bonds is 9. The summed E-state index contributed by atoms with van der Waals surface area (Å²) in [7, 11) is -1.16. The Morgan fingerprint density at radius 2 is 1.72 bits per heavy atom. The fourth-order valence-electron chi connectivity index (χ4n) is 4.71. The zero-order chi connectivity index (χ0) is 28.3. The number of nitro benzene ring substituents is 1. The SMILES string of the molecule is COc1cc2ccc(S(=O)(=O)NC(Cc3ccc(N)c([N+](=O)[O-])c3)C(=O)N3CCC(C)CC3)cc2cc1OC. The van der Waals surface area contributed by atoms with Crippen LogP contribution in [0, 0.1) is 16.0 Å². The van der Waals surface area contributed by atoms with Gasteiger partial charge in [0.05, 0.1) is 24.0 Å². The first-order chi connectivity index (χ1) is 18.5. The zero-order valence-corrected chi connectivity index (χ0v) is 22.9. The predicted molar refractivity (Wildman–Crippen MR) is 147 cm³/mol. The van der Waals surface area contributed by atoms with Crippen LogP contribution in [0.4, 0.5) is 11.4 Å². The van der Waals surface area contributed by atoms with Gasteiger partial charge in [-0.15, -0.1) is 0 Å². The highest BCUT2D eigenvalue weighted by molar-refractivity contribution is 7.89. The van der Waals surface area contributed by atoms with E-state index in [0.29, 0.717) is 41.5 Å². The molecule has 1 aliphatic rings. The van der Waals surface area contributed by atoms with Crippen molar-refractivity contribution in [3.05, 3.63) is 64.2 Å². The van der Waals surface area contributed by atoms with Crippen LogP contribution in [0.3, 0.4) is 0 Å². The number of methoxy groups -OCH3 is 2. The molecule has 12 heteroatoms. The van der Waals surface area contributed by atoms with Crippen LogP contribution in [0.15, 0.2) is 53.4 Å². The Morgan fingerprint density at radius 3 is 2.33 bits per heavy atom. The number of nitrogen functional groups attached to an aromatic ring is 1. The molecule has 11 nitrogen and oxygen atoms in total. The maximum absolute atomic E-state index is 13.6. The largest absolute Gasteiger partial charge is 0.493 e. The summed E-state index contributed by atoms with van der Waals surface area (Å²) in [5.41, 5.74) is 5.83. The maximum atomic E-state index is 13.6. The topological polar surface area (TPSA) is 154 Å². The Hall–Kier alpha value is -3.90. The molecule has 1 fully saturated rings. The molecule has 1 aliphatic heterocycles. The number of amides is 1. The second-order valence-corrected chi connectivity index (χ2v) is 11.5. The molecule has 0 aliphatic carbocycles. The number of fused-ring (bicyclic) bond motifs is 1. The molecule has 208 valence electrons.